The number of rotatable bonds is 3. The van der Waals surface area contributed by atoms with Crippen LogP contribution in [0, 0.1) is 11.3 Å². The van der Waals surface area contributed by atoms with Crippen LogP contribution in [0.25, 0.3) is 17.6 Å². The Hall–Kier alpha value is -2.98. The number of fused-ring (bicyclic) bond motifs is 1. The summed E-state index contributed by atoms with van der Waals surface area (Å²) in [5.41, 5.74) is 5.65. The van der Waals surface area contributed by atoms with E-state index >= 15 is 0 Å². The third-order valence-corrected chi connectivity index (χ3v) is 5.08. The third kappa shape index (κ3) is 2.68. The van der Waals surface area contributed by atoms with E-state index in [-0.39, 0.29) is 0 Å². The highest BCUT2D eigenvalue weighted by atomic mass is 15.2. The van der Waals surface area contributed by atoms with Crippen LogP contribution in [0.4, 0.5) is 5.69 Å². The van der Waals surface area contributed by atoms with Crippen LogP contribution in [0.5, 0.6) is 0 Å². The van der Waals surface area contributed by atoms with Crippen molar-refractivity contribution < 1.29 is 0 Å². The maximum absolute atomic E-state index is 9.90. The molecule has 0 amide bonds. The highest BCUT2D eigenvalue weighted by molar-refractivity contribution is 5.63. The maximum atomic E-state index is 9.90. The molecule has 3 N–H and O–H groups in total. The fourth-order valence-electron chi connectivity index (χ4n) is 3.80. The summed E-state index contributed by atoms with van der Waals surface area (Å²) in [6.45, 7) is 2.06. The smallest absolute Gasteiger partial charge is 0.177 e. The Kier molecular flexibility index (Phi) is 4.27. The van der Waals surface area contributed by atoms with Gasteiger partial charge in [0.1, 0.15) is 22.7 Å². The van der Waals surface area contributed by atoms with Crippen molar-refractivity contribution in [2.24, 2.45) is 10.8 Å². The summed E-state index contributed by atoms with van der Waals surface area (Å²) in [6.07, 6.45) is 12.7. The van der Waals surface area contributed by atoms with Crippen molar-refractivity contribution in [3.8, 4) is 17.6 Å². The van der Waals surface area contributed by atoms with Crippen LogP contribution >= 0.6 is 0 Å². The molecule has 3 heterocycles. The molecule has 0 radical (unpaired) electrons. The highest BCUT2D eigenvalue weighted by Crippen LogP contribution is 2.32. The van der Waals surface area contributed by atoms with Crippen LogP contribution in [-0.4, -0.2) is 14.5 Å². The van der Waals surface area contributed by atoms with Gasteiger partial charge in [0.2, 0.25) is 0 Å². The Morgan fingerprint density at radius 3 is 2.65 bits per heavy atom. The number of nitrogens with one attached hydrogen (secondary N) is 1. The van der Waals surface area contributed by atoms with Crippen LogP contribution in [-0.2, 0) is 0 Å². The minimum atomic E-state index is 0.349. The standard InChI is InChI=1S/C19H21N7/c1-12-6-7-16-17(22-9-12)15(8-20)18(26(16)14-4-2-3-5-14)19-23-10-13(25-21)11-24-19/h7,9-11,14,25H,2-6,21H2,1H3. The minimum Gasteiger partial charge on any atom is -0.333 e. The summed E-state index contributed by atoms with van der Waals surface area (Å²) in [7, 11) is 0. The Balaban J connectivity index is 2.03. The molecule has 2 aromatic heterocycles. The molecule has 1 aliphatic heterocycles. The predicted octanol–water partition coefficient (Wildman–Crippen LogP) is 1.93. The first kappa shape index (κ1) is 16.5. The SMILES string of the molecule is CC1=CN=c2c(C#N)c(-c3ncc(NN)cn3)n(C3CCCC3)c2=CC1. The van der Waals surface area contributed by atoms with Gasteiger partial charge in [-0.2, -0.15) is 5.26 Å². The average Bonchev–Trinajstić information content (AvgIpc) is 3.25. The zero-order valence-electron chi connectivity index (χ0n) is 14.7. The number of aromatic nitrogens is 3. The number of allylic oxidation sites excluding steroid dienone is 1. The van der Waals surface area contributed by atoms with Crippen molar-refractivity contribution in [3.05, 3.63) is 40.4 Å². The van der Waals surface area contributed by atoms with Crippen LogP contribution in [0.15, 0.2) is 29.2 Å². The highest BCUT2D eigenvalue weighted by Gasteiger charge is 2.27. The summed E-state index contributed by atoms with van der Waals surface area (Å²) < 4.78 is 2.25. The molecular weight excluding hydrogens is 326 g/mol. The molecule has 0 bridgehead atoms. The van der Waals surface area contributed by atoms with E-state index in [4.69, 9.17) is 5.84 Å². The van der Waals surface area contributed by atoms with Gasteiger partial charge in [-0.25, -0.2) is 9.97 Å². The van der Waals surface area contributed by atoms with E-state index in [1.165, 1.54) is 18.4 Å². The van der Waals surface area contributed by atoms with Crippen molar-refractivity contribution in [1.29, 1.82) is 5.26 Å². The number of nitriles is 1. The Morgan fingerprint density at radius 2 is 2.00 bits per heavy atom. The lowest BCUT2D eigenvalue weighted by molar-refractivity contribution is 0.512. The zero-order valence-corrected chi connectivity index (χ0v) is 14.7. The van der Waals surface area contributed by atoms with E-state index in [0.29, 0.717) is 23.1 Å². The first-order valence-corrected chi connectivity index (χ1v) is 8.90. The van der Waals surface area contributed by atoms with E-state index in [9.17, 15) is 5.26 Å². The number of hydrogen-bond donors (Lipinski definition) is 2. The third-order valence-electron chi connectivity index (χ3n) is 5.08. The van der Waals surface area contributed by atoms with Gasteiger partial charge < -0.3 is 9.99 Å². The maximum Gasteiger partial charge on any atom is 0.177 e. The normalized spacial score (nSPS) is 16.7. The Labute approximate surface area is 151 Å². The summed E-state index contributed by atoms with van der Waals surface area (Å²) in [4.78, 5) is 13.5. The molecule has 0 aromatic carbocycles. The van der Waals surface area contributed by atoms with Crippen molar-refractivity contribution in [1.82, 2.24) is 14.5 Å². The molecule has 1 aliphatic carbocycles. The summed E-state index contributed by atoms with van der Waals surface area (Å²) >= 11 is 0. The van der Waals surface area contributed by atoms with Crippen LogP contribution in [0.3, 0.4) is 0 Å². The van der Waals surface area contributed by atoms with Gasteiger partial charge in [-0.05, 0) is 26.2 Å². The minimum absolute atomic E-state index is 0.349. The van der Waals surface area contributed by atoms with Gasteiger partial charge in [0.05, 0.1) is 23.4 Å². The number of hydrogen-bond acceptors (Lipinski definition) is 6. The topological polar surface area (TPSA) is 105 Å². The van der Waals surface area contributed by atoms with Crippen molar-refractivity contribution >= 4 is 11.8 Å². The molecule has 1 fully saturated rings. The molecule has 7 heteroatoms. The molecule has 0 spiro atoms. The molecule has 0 atom stereocenters. The van der Waals surface area contributed by atoms with Crippen molar-refractivity contribution in [3.63, 3.8) is 0 Å². The summed E-state index contributed by atoms with van der Waals surface area (Å²) in [5.74, 6) is 5.95. The molecule has 2 aromatic rings. The van der Waals surface area contributed by atoms with E-state index in [1.54, 1.807) is 12.4 Å². The molecule has 2 aliphatic rings. The van der Waals surface area contributed by atoms with Crippen molar-refractivity contribution in [2.45, 2.75) is 45.1 Å². The quantitative estimate of drug-likeness (QED) is 0.652. The second-order valence-electron chi connectivity index (χ2n) is 6.83. The lowest BCUT2D eigenvalue weighted by Crippen LogP contribution is -2.31. The second kappa shape index (κ2) is 6.73. The van der Waals surface area contributed by atoms with E-state index < -0.39 is 0 Å². The number of nitrogens with two attached hydrogens (primary N) is 1. The fraction of sp³-hybridized carbons (Fsp3) is 0.368. The summed E-state index contributed by atoms with van der Waals surface area (Å²) in [6, 6.07) is 2.70. The largest absolute Gasteiger partial charge is 0.333 e. The first-order chi connectivity index (χ1) is 12.7. The molecule has 26 heavy (non-hydrogen) atoms. The van der Waals surface area contributed by atoms with Gasteiger partial charge in [0.25, 0.3) is 0 Å². The Morgan fingerprint density at radius 1 is 1.27 bits per heavy atom. The lowest BCUT2D eigenvalue weighted by Gasteiger charge is -2.16. The molecule has 0 unspecified atom stereocenters. The van der Waals surface area contributed by atoms with Gasteiger partial charge in [0.15, 0.2) is 5.82 Å². The molecule has 0 saturated heterocycles. The lowest BCUT2D eigenvalue weighted by atomic mass is 10.2. The average molecular weight is 347 g/mol. The Bertz CT molecular complexity index is 1020. The number of anilines is 1. The van der Waals surface area contributed by atoms with Crippen LogP contribution in [0.2, 0.25) is 0 Å². The molecule has 1 saturated carbocycles. The van der Waals surface area contributed by atoms with Gasteiger partial charge in [0, 0.05) is 12.2 Å². The van der Waals surface area contributed by atoms with Gasteiger partial charge >= 0.3 is 0 Å². The number of nitrogen functional groups attached to an aromatic ring is 1. The molecule has 132 valence electrons. The van der Waals surface area contributed by atoms with Gasteiger partial charge in [-0.3, -0.25) is 10.8 Å². The molecule has 7 nitrogen and oxygen atoms in total. The fourth-order valence-corrected chi connectivity index (χ4v) is 3.80. The van der Waals surface area contributed by atoms with Gasteiger partial charge in [-0.1, -0.05) is 24.5 Å². The van der Waals surface area contributed by atoms with Crippen LogP contribution in [0.1, 0.15) is 50.6 Å². The number of hydrazine groups is 1. The number of nitrogens with zero attached hydrogens (tertiary/aromatic N) is 5. The molecule has 4 rings (SSSR count). The van der Waals surface area contributed by atoms with E-state index in [0.717, 1.165) is 35.7 Å². The summed E-state index contributed by atoms with van der Waals surface area (Å²) in [5, 5.41) is 11.7. The van der Waals surface area contributed by atoms with E-state index in [1.807, 2.05) is 6.20 Å². The second-order valence-corrected chi connectivity index (χ2v) is 6.83. The van der Waals surface area contributed by atoms with Gasteiger partial charge in [-0.15, -0.1) is 0 Å². The molecular formula is C19H21N7. The van der Waals surface area contributed by atoms with Crippen LogP contribution < -0.4 is 22.0 Å². The predicted molar refractivity (Wildman–Crippen MR) is 99.1 cm³/mol. The monoisotopic (exact) mass is 347 g/mol. The van der Waals surface area contributed by atoms with Crippen molar-refractivity contribution in [2.75, 3.05) is 5.43 Å². The zero-order chi connectivity index (χ0) is 18.1. The van der Waals surface area contributed by atoms with E-state index in [2.05, 4.69) is 44.0 Å². The first-order valence-electron chi connectivity index (χ1n) is 8.90.